The topological polar surface area (TPSA) is 55.6 Å². The van der Waals surface area contributed by atoms with E-state index in [-0.39, 0.29) is 5.97 Å². The zero-order valence-electron chi connectivity index (χ0n) is 11.5. The molecule has 4 heteroatoms. The van der Waals surface area contributed by atoms with Crippen LogP contribution in [0.1, 0.15) is 31.2 Å². The van der Waals surface area contributed by atoms with Gasteiger partial charge in [-0.05, 0) is 56.5 Å². The Labute approximate surface area is 114 Å². The molecule has 19 heavy (non-hydrogen) atoms. The normalized spacial score (nSPS) is 17.3. The predicted octanol–water partition coefficient (Wildman–Crippen LogP) is 2.01. The van der Waals surface area contributed by atoms with Gasteiger partial charge in [-0.15, -0.1) is 0 Å². The van der Waals surface area contributed by atoms with Gasteiger partial charge in [-0.1, -0.05) is 12.1 Å². The number of carbonyl (C=O) groups is 1. The van der Waals surface area contributed by atoms with Crippen LogP contribution in [0.25, 0.3) is 0 Å². The summed E-state index contributed by atoms with van der Waals surface area (Å²) in [5.74, 6) is 0.437. The molecule has 2 rings (SSSR count). The molecule has 4 nitrogen and oxygen atoms in total. The molecule has 0 amide bonds. The van der Waals surface area contributed by atoms with Crippen LogP contribution in [0.2, 0.25) is 0 Å². The lowest BCUT2D eigenvalue weighted by Crippen LogP contribution is -2.37. The number of piperidine rings is 1. The molecule has 1 fully saturated rings. The maximum Gasteiger partial charge on any atom is 0.320 e. The van der Waals surface area contributed by atoms with Crippen molar-refractivity contribution < 1.29 is 9.53 Å². The van der Waals surface area contributed by atoms with Crippen LogP contribution in [0.5, 0.6) is 0 Å². The molecule has 1 aromatic carbocycles. The van der Waals surface area contributed by atoms with Crippen LogP contribution >= 0.6 is 0 Å². The number of benzene rings is 1. The van der Waals surface area contributed by atoms with Gasteiger partial charge in [-0.2, -0.15) is 0 Å². The highest BCUT2D eigenvalue weighted by Gasteiger charge is 2.22. The first kappa shape index (κ1) is 13.9. The average Bonchev–Trinajstić information content (AvgIpc) is 2.40. The standard InChI is InChI=1S/C15H22N2O2/c1-2-19-15(18)11-17-8-6-12(7-9-17)13-4-3-5-14(16)10-13/h3-5,10,12H,2,6-9,11,16H2,1H3. The van der Waals surface area contributed by atoms with Crippen molar-refractivity contribution in [3.05, 3.63) is 29.8 Å². The second kappa shape index (κ2) is 6.57. The van der Waals surface area contributed by atoms with E-state index in [1.807, 2.05) is 19.1 Å². The van der Waals surface area contributed by atoms with E-state index < -0.39 is 0 Å². The van der Waals surface area contributed by atoms with Crippen molar-refractivity contribution in [3.63, 3.8) is 0 Å². The molecule has 0 aliphatic carbocycles. The Morgan fingerprint density at radius 1 is 1.42 bits per heavy atom. The number of hydrogen-bond acceptors (Lipinski definition) is 4. The average molecular weight is 262 g/mol. The van der Waals surface area contributed by atoms with Gasteiger partial charge in [-0.25, -0.2) is 0 Å². The fourth-order valence-corrected chi connectivity index (χ4v) is 2.63. The fraction of sp³-hybridized carbons (Fsp3) is 0.533. The Morgan fingerprint density at radius 3 is 2.79 bits per heavy atom. The largest absolute Gasteiger partial charge is 0.465 e. The number of carbonyl (C=O) groups excluding carboxylic acids is 1. The van der Waals surface area contributed by atoms with E-state index in [9.17, 15) is 4.79 Å². The number of ether oxygens (including phenoxy) is 1. The second-order valence-corrected chi connectivity index (χ2v) is 5.03. The number of anilines is 1. The monoisotopic (exact) mass is 262 g/mol. The molecule has 2 N–H and O–H groups in total. The summed E-state index contributed by atoms with van der Waals surface area (Å²) in [5.41, 5.74) is 7.96. The quantitative estimate of drug-likeness (QED) is 0.666. The Balaban J connectivity index is 1.84. The van der Waals surface area contributed by atoms with Crippen molar-refractivity contribution in [1.29, 1.82) is 0 Å². The molecular formula is C15H22N2O2. The van der Waals surface area contributed by atoms with Crippen LogP contribution in [-0.4, -0.2) is 37.1 Å². The zero-order valence-corrected chi connectivity index (χ0v) is 11.5. The summed E-state index contributed by atoms with van der Waals surface area (Å²) >= 11 is 0. The molecule has 0 bridgehead atoms. The predicted molar refractivity (Wildman–Crippen MR) is 75.9 cm³/mol. The molecule has 0 unspecified atom stereocenters. The summed E-state index contributed by atoms with van der Waals surface area (Å²) < 4.78 is 4.97. The smallest absolute Gasteiger partial charge is 0.320 e. The van der Waals surface area contributed by atoms with Crippen molar-refractivity contribution >= 4 is 11.7 Å². The van der Waals surface area contributed by atoms with Crippen molar-refractivity contribution in [1.82, 2.24) is 4.90 Å². The van der Waals surface area contributed by atoms with Crippen LogP contribution in [0.4, 0.5) is 5.69 Å². The Kier molecular flexibility index (Phi) is 4.80. The van der Waals surface area contributed by atoms with E-state index in [0.29, 0.717) is 19.1 Å². The van der Waals surface area contributed by atoms with E-state index in [1.165, 1.54) is 5.56 Å². The number of likely N-dealkylation sites (tertiary alicyclic amines) is 1. The summed E-state index contributed by atoms with van der Waals surface area (Å²) in [7, 11) is 0. The van der Waals surface area contributed by atoms with Gasteiger partial charge in [0.05, 0.1) is 13.2 Å². The van der Waals surface area contributed by atoms with E-state index in [2.05, 4.69) is 17.0 Å². The number of nitrogens with zero attached hydrogens (tertiary/aromatic N) is 1. The van der Waals surface area contributed by atoms with Crippen molar-refractivity contribution in [2.45, 2.75) is 25.7 Å². The highest BCUT2D eigenvalue weighted by Crippen LogP contribution is 2.28. The van der Waals surface area contributed by atoms with E-state index >= 15 is 0 Å². The first-order valence-electron chi connectivity index (χ1n) is 6.92. The van der Waals surface area contributed by atoms with E-state index in [1.54, 1.807) is 0 Å². The summed E-state index contributed by atoms with van der Waals surface area (Å²) in [6, 6.07) is 8.13. The summed E-state index contributed by atoms with van der Waals surface area (Å²) in [6.45, 7) is 4.59. The van der Waals surface area contributed by atoms with Gasteiger partial charge in [0.1, 0.15) is 0 Å². The molecule has 0 saturated carbocycles. The molecule has 0 atom stereocenters. The molecule has 0 aromatic heterocycles. The van der Waals surface area contributed by atoms with E-state index in [4.69, 9.17) is 10.5 Å². The number of nitrogens with two attached hydrogens (primary N) is 1. The number of nitrogen functional groups attached to an aromatic ring is 1. The van der Waals surface area contributed by atoms with Gasteiger partial charge in [0.15, 0.2) is 0 Å². The molecule has 0 spiro atoms. The van der Waals surface area contributed by atoms with E-state index in [0.717, 1.165) is 31.6 Å². The Morgan fingerprint density at radius 2 is 2.16 bits per heavy atom. The summed E-state index contributed by atoms with van der Waals surface area (Å²) in [6.07, 6.45) is 2.14. The minimum atomic E-state index is -0.120. The molecule has 1 aromatic rings. The molecular weight excluding hydrogens is 240 g/mol. The number of hydrogen-bond donors (Lipinski definition) is 1. The number of esters is 1. The molecule has 1 saturated heterocycles. The molecule has 104 valence electrons. The minimum absolute atomic E-state index is 0.120. The highest BCUT2D eigenvalue weighted by atomic mass is 16.5. The van der Waals surface area contributed by atoms with Crippen LogP contribution in [0, 0.1) is 0 Å². The van der Waals surface area contributed by atoms with Crippen molar-refractivity contribution in [2.75, 3.05) is 32.0 Å². The van der Waals surface area contributed by atoms with Crippen LogP contribution < -0.4 is 5.73 Å². The van der Waals surface area contributed by atoms with Gasteiger partial charge >= 0.3 is 5.97 Å². The maximum atomic E-state index is 11.4. The third-order valence-corrected chi connectivity index (χ3v) is 3.63. The second-order valence-electron chi connectivity index (χ2n) is 5.03. The van der Waals surface area contributed by atoms with Crippen LogP contribution in [0.3, 0.4) is 0 Å². The first-order chi connectivity index (χ1) is 9.19. The number of rotatable bonds is 4. The Bertz CT molecular complexity index is 426. The summed E-state index contributed by atoms with van der Waals surface area (Å²) in [4.78, 5) is 13.6. The van der Waals surface area contributed by atoms with Gasteiger partial charge in [0.2, 0.25) is 0 Å². The van der Waals surface area contributed by atoms with Crippen LogP contribution in [-0.2, 0) is 9.53 Å². The van der Waals surface area contributed by atoms with Crippen molar-refractivity contribution in [2.24, 2.45) is 0 Å². The molecule has 1 aliphatic heterocycles. The minimum Gasteiger partial charge on any atom is -0.465 e. The first-order valence-corrected chi connectivity index (χ1v) is 6.92. The Hall–Kier alpha value is -1.55. The molecule has 1 aliphatic rings. The molecule has 0 radical (unpaired) electrons. The molecule has 1 heterocycles. The fourth-order valence-electron chi connectivity index (χ4n) is 2.63. The van der Waals surface area contributed by atoms with Gasteiger partial charge < -0.3 is 10.5 Å². The third-order valence-electron chi connectivity index (χ3n) is 3.63. The van der Waals surface area contributed by atoms with Crippen LogP contribution in [0.15, 0.2) is 24.3 Å². The van der Waals surface area contributed by atoms with Crippen molar-refractivity contribution in [3.8, 4) is 0 Å². The lowest BCUT2D eigenvalue weighted by Gasteiger charge is -2.31. The highest BCUT2D eigenvalue weighted by molar-refractivity contribution is 5.71. The maximum absolute atomic E-state index is 11.4. The zero-order chi connectivity index (χ0) is 13.7. The van der Waals surface area contributed by atoms with Gasteiger partial charge in [0.25, 0.3) is 0 Å². The lowest BCUT2D eigenvalue weighted by atomic mass is 9.89. The third kappa shape index (κ3) is 3.96. The lowest BCUT2D eigenvalue weighted by molar-refractivity contribution is -0.144. The SMILES string of the molecule is CCOC(=O)CN1CCC(c2cccc(N)c2)CC1. The summed E-state index contributed by atoms with van der Waals surface area (Å²) in [5, 5.41) is 0. The van der Waals surface area contributed by atoms with Gasteiger partial charge in [0, 0.05) is 5.69 Å². The van der Waals surface area contributed by atoms with Gasteiger partial charge in [-0.3, -0.25) is 9.69 Å².